The van der Waals surface area contributed by atoms with Gasteiger partial charge < -0.3 is 9.53 Å². The molecule has 0 saturated heterocycles. The van der Waals surface area contributed by atoms with Crippen molar-refractivity contribution in [3.8, 4) is 11.1 Å². The maximum atomic E-state index is 14.5. The Hall–Kier alpha value is -1.49. The molecule has 0 amide bonds. The number of hydrogen-bond donors (Lipinski definition) is 1. The van der Waals surface area contributed by atoms with E-state index in [0.717, 1.165) is 16.7 Å². The van der Waals surface area contributed by atoms with Crippen LogP contribution in [0.3, 0.4) is 0 Å². The van der Waals surface area contributed by atoms with Gasteiger partial charge in [-0.1, -0.05) is 77.9 Å². The third-order valence-electron chi connectivity index (χ3n) is 5.80. The summed E-state index contributed by atoms with van der Waals surface area (Å²) in [6.45, 7) is 17.6. The predicted molar refractivity (Wildman–Crippen MR) is 118 cm³/mol. The highest BCUT2D eigenvalue weighted by Gasteiger charge is 2.37. The summed E-state index contributed by atoms with van der Waals surface area (Å²) in [6, 6.07) is 12.6. The second kappa shape index (κ2) is 8.09. The largest absolute Gasteiger partial charge is 0.413 e. The van der Waals surface area contributed by atoms with Crippen LogP contribution in [0.15, 0.2) is 42.5 Å². The summed E-state index contributed by atoms with van der Waals surface area (Å²) in [4.78, 5) is 0. The summed E-state index contributed by atoms with van der Waals surface area (Å²) in [5.74, 6) is -0.282. The van der Waals surface area contributed by atoms with Crippen LogP contribution in [0.1, 0.15) is 58.8 Å². The number of aliphatic hydroxyl groups excluding tert-OH is 1. The van der Waals surface area contributed by atoms with E-state index in [2.05, 4.69) is 33.9 Å². The summed E-state index contributed by atoms with van der Waals surface area (Å²) >= 11 is 0. The molecule has 0 saturated carbocycles. The minimum absolute atomic E-state index is 0.133. The molecule has 0 radical (unpaired) electrons. The van der Waals surface area contributed by atoms with E-state index in [1.54, 1.807) is 12.1 Å². The lowest BCUT2D eigenvalue weighted by Crippen LogP contribution is -2.40. The Morgan fingerprint density at radius 1 is 0.964 bits per heavy atom. The maximum absolute atomic E-state index is 14.5. The number of aliphatic hydroxyl groups is 1. The van der Waals surface area contributed by atoms with E-state index >= 15 is 0 Å². The van der Waals surface area contributed by atoms with Crippen LogP contribution in [0, 0.1) is 11.2 Å². The van der Waals surface area contributed by atoms with Gasteiger partial charge in [-0.3, -0.25) is 0 Å². The molecule has 0 spiro atoms. The van der Waals surface area contributed by atoms with Gasteiger partial charge >= 0.3 is 0 Å². The van der Waals surface area contributed by atoms with Crippen LogP contribution in [0.4, 0.5) is 4.39 Å². The Morgan fingerprint density at radius 2 is 1.57 bits per heavy atom. The van der Waals surface area contributed by atoms with Crippen LogP contribution in [0.2, 0.25) is 18.1 Å². The van der Waals surface area contributed by atoms with Crippen LogP contribution >= 0.6 is 0 Å². The van der Waals surface area contributed by atoms with Crippen molar-refractivity contribution in [1.82, 2.24) is 0 Å². The first kappa shape index (κ1) is 22.8. The highest BCUT2D eigenvalue weighted by molar-refractivity contribution is 6.74. The van der Waals surface area contributed by atoms with E-state index in [4.69, 9.17) is 4.43 Å². The highest BCUT2D eigenvalue weighted by Crippen LogP contribution is 2.40. The van der Waals surface area contributed by atoms with Crippen molar-refractivity contribution in [3.63, 3.8) is 0 Å². The number of hydrogen-bond acceptors (Lipinski definition) is 2. The van der Waals surface area contributed by atoms with Crippen molar-refractivity contribution in [2.24, 2.45) is 5.41 Å². The van der Waals surface area contributed by atoms with E-state index in [0.29, 0.717) is 12.2 Å². The van der Waals surface area contributed by atoms with Crippen molar-refractivity contribution in [1.29, 1.82) is 0 Å². The minimum atomic E-state index is -1.88. The van der Waals surface area contributed by atoms with Crippen LogP contribution in [-0.4, -0.2) is 13.4 Å². The molecule has 0 aliphatic carbocycles. The summed E-state index contributed by atoms with van der Waals surface area (Å²) in [5.41, 5.74) is 2.63. The molecule has 1 N–H and O–H groups in total. The van der Waals surface area contributed by atoms with E-state index in [1.807, 2.05) is 45.0 Å². The van der Waals surface area contributed by atoms with Crippen LogP contribution in [0.5, 0.6) is 0 Å². The molecular formula is C24H35FO2Si. The molecule has 154 valence electrons. The lowest BCUT2D eigenvalue weighted by molar-refractivity contribution is 0.0630. The second-order valence-corrected chi connectivity index (χ2v) is 15.0. The van der Waals surface area contributed by atoms with E-state index in [9.17, 15) is 9.50 Å². The number of benzene rings is 2. The van der Waals surface area contributed by atoms with Gasteiger partial charge in [0.1, 0.15) is 5.82 Å². The van der Waals surface area contributed by atoms with E-state index in [-0.39, 0.29) is 16.3 Å². The van der Waals surface area contributed by atoms with Gasteiger partial charge in [0.25, 0.3) is 0 Å². The molecule has 0 fully saturated rings. The fraction of sp³-hybridized carbons (Fsp3) is 0.500. The number of rotatable bonds is 5. The molecule has 0 bridgehead atoms. The Balaban J connectivity index is 2.46. The van der Waals surface area contributed by atoms with Gasteiger partial charge in [-0.05, 0) is 46.3 Å². The van der Waals surface area contributed by atoms with Crippen molar-refractivity contribution >= 4 is 8.32 Å². The normalized spacial score (nSPS) is 14.2. The molecule has 2 aromatic rings. The highest BCUT2D eigenvalue weighted by atomic mass is 28.4. The summed E-state index contributed by atoms with van der Waals surface area (Å²) in [7, 11) is -1.88. The van der Waals surface area contributed by atoms with Gasteiger partial charge in [-0.2, -0.15) is 0 Å². The van der Waals surface area contributed by atoms with Gasteiger partial charge in [-0.25, -0.2) is 4.39 Å². The Bertz CT molecular complexity index is 816. The first-order valence-electron chi connectivity index (χ1n) is 9.94. The van der Waals surface area contributed by atoms with E-state index < -0.39 is 14.4 Å². The number of halogens is 1. The van der Waals surface area contributed by atoms with E-state index in [1.165, 1.54) is 6.07 Å². The molecule has 28 heavy (non-hydrogen) atoms. The van der Waals surface area contributed by atoms with Gasteiger partial charge in [0.15, 0.2) is 8.32 Å². The lowest BCUT2D eigenvalue weighted by Gasteiger charge is -2.36. The molecule has 2 nitrogen and oxygen atoms in total. The molecule has 0 unspecified atom stereocenters. The zero-order valence-electron chi connectivity index (χ0n) is 18.6. The molecule has 0 heterocycles. The molecule has 0 aliphatic rings. The van der Waals surface area contributed by atoms with Gasteiger partial charge in [0.05, 0.1) is 12.7 Å². The van der Waals surface area contributed by atoms with Crippen LogP contribution in [-0.2, 0) is 11.0 Å². The van der Waals surface area contributed by atoms with Gasteiger partial charge in [-0.15, -0.1) is 0 Å². The third kappa shape index (κ3) is 5.10. The standard InChI is InChI=1S/C24H35FO2Si/c1-23(2,3)22(26)20-15-17(16-27-28(7,8)24(4,5)6)13-14-18(20)19-11-9-10-12-21(19)25/h9-15,22,26H,16H2,1-8H3/t22-/m1/s1. The topological polar surface area (TPSA) is 29.5 Å². The quantitative estimate of drug-likeness (QED) is 0.541. The van der Waals surface area contributed by atoms with Crippen molar-refractivity contribution < 1.29 is 13.9 Å². The summed E-state index contributed by atoms with van der Waals surface area (Å²) in [6.07, 6.45) is -0.713. The fourth-order valence-electron chi connectivity index (χ4n) is 2.80. The second-order valence-electron chi connectivity index (χ2n) is 10.2. The first-order valence-corrected chi connectivity index (χ1v) is 12.8. The Kier molecular flexibility index (Phi) is 6.59. The van der Waals surface area contributed by atoms with Crippen LogP contribution in [0.25, 0.3) is 11.1 Å². The van der Waals surface area contributed by atoms with Crippen molar-refractivity contribution in [3.05, 3.63) is 59.4 Å². The average molecular weight is 403 g/mol. The zero-order chi connectivity index (χ0) is 21.3. The maximum Gasteiger partial charge on any atom is 0.192 e. The fourth-order valence-corrected chi connectivity index (χ4v) is 3.76. The molecule has 0 aliphatic heterocycles. The minimum Gasteiger partial charge on any atom is -0.413 e. The lowest BCUT2D eigenvalue weighted by atomic mass is 9.81. The van der Waals surface area contributed by atoms with Crippen molar-refractivity contribution in [2.75, 3.05) is 0 Å². The average Bonchev–Trinajstić information content (AvgIpc) is 2.58. The predicted octanol–water partition coefficient (Wildman–Crippen LogP) is 7.09. The summed E-state index contributed by atoms with van der Waals surface area (Å²) in [5, 5.41) is 11.2. The van der Waals surface area contributed by atoms with Crippen molar-refractivity contribution in [2.45, 2.75) is 72.4 Å². The summed E-state index contributed by atoms with van der Waals surface area (Å²) < 4.78 is 20.8. The SMILES string of the molecule is CC(C)(C)[C@H](O)c1cc(CO[Si](C)(C)C(C)(C)C)ccc1-c1ccccc1F. The first-order chi connectivity index (χ1) is 12.7. The molecule has 2 aromatic carbocycles. The van der Waals surface area contributed by atoms with Crippen LogP contribution < -0.4 is 0 Å². The molecule has 4 heteroatoms. The van der Waals surface area contributed by atoms with Gasteiger partial charge in [0, 0.05) is 5.56 Å². The monoisotopic (exact) mass is 402 g/mol. The molecular weight excluding hydrogens is 367 g/mol. The Labute approximate surface area is 170 Å². The van der Waals surface area contributed by atoms with Gasteiger partial charge in [0.2, 0.25) is 0 Å². The zero-order valence-corrected chi connectivity index (χ0v) is 19.6. The molecule has 0 aromatic heterocycles. The molecule has 2 rings (SSSR count). The Morgan fingerprint density at radius 3 is 2.11 bits per heavy atom. The molecule has 1 atom stereocenters. The smallest absolute Gasteiger partial charge is 0.192 e. The third-order valence-corrected chi connectivity index (χ3v) is 10.3.